The first-order chi connectivity index (χ1) is 13.9. The third-order valence-electron chi connectivity index (χ3n) is 4.68. The molecule has 0 saturated carbocycles. The third kappa shape index (κ3) is 7.20. The first-order valence-electron chi connectivity index (χ1n) is 9.92. The van der Waals surface area contributed by atoms with E-state index < -0.39 is 22.4 Å². The van der Waals surface area contributed by atoms with Crippen LogP contribution in [0.1, 0.15) is 38.7 Å². The summed E-state index contributed by atoms with van der Waals surface area (Å²) in [5.74, 6) is -0.278. The van der Waals surface area contributed by atoms with Crippen molar-refractivity contribution in [3.8, 4) is 5.75 Å². The summed E-state index contributed by atoms with van der Waals surface area (Å²) >= 11 is 0. The van der Waals surface area contributed by atoms with Gasteiger partial charge in [-0.25, -0.2) is 13.2 Å². The largest absolute Gasteiger partial charge is 0.493 e. The monoisotopic (exact) mass is 423 g/mol. The predicted molar refractivity (Wildman–Crippen MR) is 111 cm³/mol. The molecule has 8 heteroatoms. The van der Waals surface area contributed by atoms with Crippen LogP contribution in [0.5, 0.6) is 5.75 Å². The van der Waals surface area contributed by atoms with Gasteiger partial charge >= 0.3 is 5.97 Å². The zero-order valence-electron chi connectivity index (χ0n) is 17.0. The first-order valence-corrected chi connectivity index (χ1v) is 11.7. The van der Waals surface area contributed by atoms with Gasteiger partial charge in [-0.2, -0.15) is 0 Å². The van der Waals surface area contributed by atoms with E-state index in [0.29, 0.717) is 25.3 Å². The maximum atomic E-state index is 12.6. The standard InChI is InChI=1S/C21H29NO6S/c1-3-5-13-22(18-12-14-29(25,26)16-18)20(23)15-28-21(24)11-10-17-8-6-7-9-19(17)27-4-2/h6-11,18H,3-5,12-16H2,1-2H3/b11-10+. The summed E-state index contributed by atoms with van der Waals surface area (Å²) in [6.07, 6.45) is 4.91. The lowest BCUT2D eigenvalue weighted by Gasteiger charge is -2.28. The van der Waals surface area contributed by atoms with E-state index in [2.05, 4.69) is 0 Å². The van der Waals surface area contributed by atoms with Crippen molar-refractivity contribution in [3.63, 3.8) is 0 Å². The minimum absolute atomic E-state index is 0.0233. The lowest BCUT2D eigenvalue weighted by Crippen LogP contribution is -2.43. The molecule has 1 aromatic carbocycles. The lowest BCUT2D eigenvalue weighted by molar-refractivity contribution is -0.149. The van der Waals surface area contributed by atoms with Crippen LogP contribution in [0, 0.1) is 0 Å². The van der Waals surface area contributed by atoms with Crippen molar-refractivity contribution in [2.75, 3.05) is 31.3 Å². The van der Waals surface area contributed by atoms with E-state index in [1.807, 2.05) is 32.0 Å². The molecule has 0 N–H and O–H groups in total. The van der Waals surface area contributed by atoms with Gasteiger partial charge in [-0.3, -0.25) is 4.79 Å². The summed E-state index contributed by atoms with van der Waals surface area (Å²) in [7, 11) is -3.10. The summed E-state index contributed by atoms with van der Waals surface area (Å²) in [6.45, 7) is 4.44. The molecule has 1 atom stereocenters. The van der Waals surface area contributed by atoms with Crippen LogP contribution in [0.4, 0.5) is 0 Å². The van der Waals surface area contributed by atoms with E-state index >= 15 is 0 Å². The Bertz CT molecular complexity index is 833. The van der Waals surface area contributed by atoms with Crippen molar-refractivity contribution in [2.24, 2.45) is 0 Å². The summed E-state index contributed by atoms with van der Waals surface area (Å²) in [6, 6.07) is 6.95. The number of amides is 1. The van der Waals surface area contributed by atoms with E-state index in [-0.39, 0.29) is 23.5 Å². The Labute approximate surface area is 172 Å². The first kappa shape index (κ1) is 22.9. The number of rotatable bonds is 10. The Balaban J connectivity index is 1.94. The number of hydrogen-bond donors (Lipinski definition) is 0. The Morgan fingerprint density at radius 3 is 2.66 bits per heavy atom. The molecule has 1 aromatic rings. The smallest absolute Gasteiger partial charge is 0.331 e. The summed E-state index contributed by atoms with van der Waals surface area (Å²) in [5.41, 5.74) is 0.735. The molecule has 1 unspecified atom stereocenters. The molecular weight excluding hydrogens is 394 g/mol. The van der Waals surface area contributed by atoms with Gasteiger partial charge in [0, 0.05) is 24.2 Å². The van der Waals surface area contributed by atoms with Crippen molar-refractivity contribution in [1.82, 2.24) is 4.90 Å². The van der Waals surface area contributed by atoms with Crippen LogP contribution in [-0.4, -0.2) is 62.5 Å². The zero-order chi connectivity index (χ0) is 21.3. The number of hydrogen-bond acceptors (Lipinski definition) is 6. The Kier molecular flexibility index (Phi) is 8.70. The molecule has 0 radical (unpaired) electrons. The molecular formula is C21H29NO6S. The lowest BCUT2D eigenvalue weighted by atomic mass is 10.2. The molecule has 7 nitrogen and oxygen atoms in total. The minimum atomic E-state index is -3.10. The topological polar surface area (TPSA) is 90.0 Å². The number of ether oxygens (including phenoxy) is 2. The van der Waals surface area contributed by atoms with E-state index in [9.17, 15) is 18.0 Å². The van der Waals surface area contributed by atoms with Crippen LogP contribution in [-0.2, 0) is 24.2 Å². The van der Waals surface area contributed by atoms with Crippen molar-refractivity contribution in [2.45, 2.75) is 39.2 Å². The average molecular weight is 424 g/mol. The van der Waals surface area contributed by atoms with Crippen LogP contribution in [0.25, 0.3) is 6.08 Å². The fraction of sp³-hybridized carbons (Fsp3) is 0.524. The minimum Gasteiger partial charge on any atom is -0.493 e. The second kappa shape index (κ2) is 11.0. The number of sulfone groups is 1. The molecule has 29 heavy (non-hydrogen) atoms. The Hall–Kier alpha value is -2.35. The van der Waals surface area contributed by atoms with Gasteiger partial charge in [0.2, 0.25) is 0 Å². The molecule has 0 aromatic heterocycles. The quantitative estimate of drug-likeness (QED) is 0.424. The van der Waals surface area contributed by atoms with Crippen molar-refractivity contribution >= 4 is 27.8 Å². The van der Waals surface area contributed by atoms with E-state index in [4.69, 9.17) is 9.47 Å². The van der Waals surface area contributed by atoms with Gasteiger partial charge in [-0.1, -0.05) is 31.5 Å². The number of esters is 1. The Morgan fingerprint density at radius 2 is 2.00 bits per heavy atom. The van der Waals surface area contributed by atoms with Gasteiger partial charge in [0.25, 0.3) is 5.91 Å². The molecule has 1 aliphatic heterocycles. The average Bonchev–Trinajstić information content (AvgIpc) is 3.05. The van der Waals surface area contributed by atoms with Gasteiger partial charge in [0.05, 0.1) is 18.1 Å². The molecule has 160 valence electrons. The predicted octanol–water partition coefficient (Wildman–Crippen LogP) is 2.46. The molecule has 1 fully saturated rings. The SMILES string of the molecule is CCCCN(C(=O)COC(=O)/C=C/c1ccccc1OCC)C1CCS(=O)(=O)C1. The third-order valence-corrected chi connectivity index (χ3v) is 6.43. The van der Waals surface area contributed by atoms with Crippen LogP contribution < -0.4 is 4.74 Å². The molecule has 1 heterocycles. The van der Waals surface area contributed by atoms with Crippen LogP contribution in [0.3, 0.4) is 0 Å². The molecule has 2 rings (SSSR count). The van der Waals surface area contributed by atoms with Crippen molar-refractivity contribution < 1.29 is 27.5 Å². The van der Waals surface area contributed by atoms with Crippen LogP contribution >= 0.6 is 0 Å². The van der Waals surface area contributed by atoms with Crippen molar-refractivity contribution in [1.29, 1.82) is 0 Å². The zero-order valence-corrected chi connectivity index (χ0v) is 17.8. The summed E-state index contributed by atoms with van der Waals surface area (Å²) in [5, 5.41) is 0. The van der Waals surface area contributed by atoms with Gasteiger partial charge in [0.1, 0.15) is 5.75 Å². The van der Waals surface area contributed by atoms with Gasteiger partial charge in [0.15, 0.2) is 16.4 Å². The maximum Gasteiger partial charge on any atom is 0.331 e. The number of carbonyl (C=O) groups excluding carboxylic acids is 2. The van der Waals surface area contributed by atoms with Gasteiger partial charge < -0.3 is 14.4 Å². The summed E-state index contributed by atoms with van der Waals surface area (Å²) < 4.78 is 34.1. The molecule has 0 aliphatic carbocycles. The highest BCUT2D eigenvalue weighted by molar-refractivity contribution is 7.91. The maximum absolute atomic E-state index is 12.6. The normalized spacial score (nSPS) is 17.9. The highest BCUT2D eigenvalue weighted by Crippen LogP contribution is 2.20. The highest BCUT2D eigenvalue weighted by atomic mass is 32.2. The molecule has 0 spiro atoms. The summed E-state index contributed by atoms with van der Waals surface area (Å²) in [4.78, 5) is 26.2. The van der Waals surface area contributed by atoms with Gasteiger partial charge in [-0.15, -0.1) is 0 Å². The van der Waals surface area contributed by atoms with E-state index in [1.54, 1.807) is 17.0 Å². The highest BCUT2D eigenvalue weighted by Gasteiger charge is 2.34. The number of nitrogens with zero attached hydrogens (tertiary/aromatic N) is 1. The Morgan fingerprint density at radius 1 is 1.24 bits per heavy atom. The molecule has 1 amide bonds. The van der Waals surface area contributed by atoms with Crippen LogP contribution in [0.2, 0.25) is 0 Å². The van der Waals surface area contributed by atoms with Crippen LogP contribution in [0.15, 0.2) is 30.3 Å². The fourth-order valence-electron chi connectivity index (χ4n) is 3.19. The second-order valence-corrected chi connectivity index (χ2v) is 9.14. The van der Waals surface area contributed by atoms with E-state index in [0.717, 1.165) is 18.4 Å². The number of unbranched alkanes of at least 4 members (excludes halogenated alkanes) is 1. The van der Waals surface area contributed by atoms with Crippen molar-refractivity contribution in [3.05, 3.63) is 35.9 Å². The second-order valence-electron chi connectivity index (χ2n) is 6.91. The molecule has 0 bridgehead atoms. The molecule has 1 saturated heterocycles. The van der Waals surface area contributed by atoms with Gasteiger partial charge in [-0.05, 0) is 31.9 Å². The fourth-order valence-corrected chi connectivity index (χ4v) is 4.92. The number of para-hydroxylation sites is 1. The number of benzene rings is 1. The molecule has 1 aliphatic rings. The van der Waals surface area contributed by atoms with E-state index in [1.165, 1.54) is 6.08 Å². The number of carbonyl (C=O) groups is 2.